The van der Waals surface area contributed by atoms with E-state index in [1.807, 2.05) is 36.9 Å². The number of fused-ring (bicyclic) bond motifs is 1. The fourth-order valence-electron chi connectivity index (χ4n) is 7.31. The first-order chi connectivity index (χ1) is 22.8. The van der Waals surface area contributed by atoms with Crippen LogP contribution in [0.15, 0.2) is 60.8 Å². The van der Waals surface area contributed by atoms with E-state index < -0.39 is 12.1 Å². The molecule has 1 aliphatic heterocycles. The number of piperidine rings is 1. The highest BCUT2D eigenvalue weighted by Crippen LogP contribution is 2.42. The zero-order valence-corrected chi connectivity index (χ0v) is 27.5. The van der Waals surface area contributed by atoms with E-state index in [0.717, 1.165) is 61.1 Å². The summed E-state index contributed by atoms with van der Waals surface area (Å²) in [5.41, 5.74) is 7.59. The van der Waals surface area contributed by atoms with E-state index in [0.29, 0.717) is 43.4 Å². The van der Waals surface area contributed by atoms with Crippen molar-refractivity contribution >= 4 is 11.9 Å². The minimum absolute atomic E-state index is 0.125. The molecule has 1 amide bonds. The lowest BCUT2D eigenvalue weighted by atomic mass is 9.85. The Labute approximate surface area is 276 Å². The quantitative estimate of drug-likeness (QED) is 0.188. The van der Waals surface area contributed by atoms with Gasteiger partial charge in [-0.25, -0.2) is 14.5 Å². The molecule has 2 aromatic heterocycles. The van der Waals surface area contributed by atoms with Gasteiger partial charge in [-0.2, -0.15) is 5.10 Å². The van der Waals surface area contributed by atoms with Crippen molar-refractivity contribution in [2.24, 2.45) is 0 Å². The minimum Gasteiger partial charge on any atom is -0.486 e. The van der Waals surface area contributed by atoms with Crippen molar-refractivity contribution in [1.82, 2.24) is 19.7 Å². The van der Waals surface area contributed by atoms with Crippen molar-refractivity contribution in [2.75, 3.05) is 13.1 Å². The molecule has 4 aromatic rings. The monoisotopic (exact) mass is 636 g/mol. The molecule has 2 atom stereocenters. The minimum atomic E-state index is -0.996. The van der Waals surface area contributed by atoms with E-state index in [-0.39, 0.29) is 17.6 Å². The zero-order chi connectivity index (χ0) is 33.1. The lowest BCUT2D eigenvalue weighted by molar-refractivity contribution is -0.141. The SMILES string of the molecule is CCC[C@H](O)C(=O)N1CCC(c2ccc(O[C@H]3CCc4cccc(-c5cccc(-n6ncc(C(=O)O)c6CC)n5)c43)cc2CC)CC1. The van der Waals surface area contributed by atoms with Crippen LogP contribution in [0.5, 0.6) is 5.75 Å². The van der Waals surface area contributed by atoms with E-state index in [9.17, 15) is 19.8 Å². The Morgan fingerprint density at radius 2 is 1.79 bits per heavy atom. The number of hydrogen-bond donors (Lipinski definition) is 2. The first-order valence-corrected chi connectivity index (χ1v) is 17.0. The molecule has 1 saturated heterocycles. The molecule has 246 valence electrons. The third-order valence-electron chi connectivity index (χ3n) is 9.72. The number of pyridine rings is 1. The Kier molecular flexibility index (Phi) is 9.73. The van der Waals surface area contributed by atoms with Crippen molar-refractivity contribution in [3.8, 4) is 22.8 Å². The van der Waals surface area contributed by atoms with Gasteiger partial charge in [0.05, 0.1) is 17.6 Å². The molecule has 3 heterocycles. The summed E-state index contributed by atoms with van der Waals surface area (Å²) in [6.45, 7) is 7.41. The predicted molar refractivity (Wildman–Crippen MR) is 180 cm³/mol. The average Bonchev–Trinajstić information content (AvgIpc) is 3.73. The Bertz CT molecular complexity index is 1760. The van der Waals surface area contributed by atoms with Crippen LogP contribution >= 0.6 is 0 Å². The molecule has 0 bridgehead atoms. The number of carboxylic acids is 1. The van der Waals surface area contributed by atoms with Crippen LogP contribution in [0.4, 0.5) is 0 Å². The summed E-state index contributed by atoms with van der Waals surface area (Å²) in [5, 5.41) is 24.2. The van der Waals surface area contributed by atoms with Crippen LogP contribution in [0.2, 0.25) is 0 Å². The number of rotatable bonds is 11. The highest BCUT2D eigenvalue weighted by Gasteiger charge is 2.30. The molecule has 2 aliphatic rings. The molecular weight excluding hydrogens is 592 g/mol. The van der Waals surface area contributed by atoms with Crippen LogP contribution in [-0.4, -0.2) is 60.9 Å². The second-order valence-electron chi connectivity index (χ2n) is 12.6. The van der Waals surface area contributed by atoms with Gasteiger partial charge in [0.15, 0.2) is 5.82 Å². The summed E-state index contributed by atoms with van der Waals surface area (Å²) >= 11 is 0. The maximum absolute atomic E-state index is 12.6. The molecule has 0 unspecified atom stereocenters. The summed E-state index contributed by atoms with van der Waals surface area (Å²) in [7, 11) is 0. The Hall–Kier alpha value is -4.50. The summed E-state index contributed by atoms with van der Waals surface area (Å²) < 4.78 is 8.36. The predicted octanol–water partition coefficient (Wildman–Crippen LogP) is 6.69. The summed E-state index contributed by atoms with van der Waals surface area (Å²) in [4.78, 5) is 31.1. The van der Waals surface area contributed by atoms with Crippen molar-refractivity contribution in [3.63, 3.8) is 0 Å². The van der Waals surface area contributed by atoms with Crippen molar-refractivity contribution in [1.29, 1.82) is 0 Å². The fourth-order valence-corrected chi connectivity index (χ4v) is 7.31. The van der Waals surface area contributed by atoms with E-state index in [1.54, 1.807) is 4.68 Å². The number of nitrogens with zero attached hydrogens (tertiary/aromatic N) is 4. The smallest absolute Gasteiger partial charge is 0.339 e. The molecule has 9 nitrogen and oxygen atoms in total. The highest BCUT2D eigenvalue weighted by atomic mass is 16.5. The maximum Gasteiger partial charge on any atom is 0.339 e. The number of aryl methyl sites for hydroxylation is 2. The molecule has 2 aromatic carbocycles. The van der Waals surface area contributed by atoms with Gasteiger partial charge in [-0.1, -0.05) is 57.5 Å². The average molecular weight is 637 g/mol. The van der Waals surface area contributed by atoms with Gasteiger partial charge in [-0.15, -0.1) is 0 Å². The summed E-state index contributed by atoms with van der Waals surface area (Å²) in [6, 6.07) is 18.5. The first kappa shape index (κ1) is 32.4. The number of carbonyl (C=O) groups is 2. The molecule has 1 fully saturated rings. The summed E-state index contributed by atoms with van der Waals surface area (Å²) in [6.07, 6.45) is 6.64. The van der Waals surface area contributed by atoms with Crippen LogP contribution in [0.1, 0.15) is 103 Å². The Balaban J connectivity index is 1.21. The maximum atomic E-state index is 12.6. The standard InChI is InChI=1S/C38H44N4O5/c1-4-9-33(43)37(44)41-20-18-25(19-21-41)28-16-15-27(22-24(28)5-2)47-34-17-14-26-10-7-11-29(36(26)34)31-12-8-13-35(40-31)42-32(6-3)30(23-39-42)38(45)46/h7-8,10-13,15-16,22-23,25,33-34,43H,4-6,9,14,17-21H2,1-3H3,(H,45,46)/t33-,34-/m0/s1. The van der Waals surface area contributed by atoms with Crippen molar-refractivity contribution < 1.29 is 24.5 Å². The second kappa shape index (κ2) is 14.1. The van der Waals surface area contributed by atoms with E-state index >= 15 is 0 Å². The molecule has 2 N–H and O–H groups in total. The number of carboxylic acid groups (broad SMARTS) is 1. The molecule has 6 rings (SSSR count). The number of aliphatic hydroxyl groups excluding tert-OH is 1. The number of benzene rings is 2. The number of aromatic carboxylic acids is 1. The van der Waals surface area contributed by atoms with Crippen LogP contribution in [0.3, 0.4) is 0 Å². The number of ether oxygens (including phenoxy) is 1. The lowest BCUT2D eigenvalue weighted by Crippen LogP contribution is -2.43. The molecule has 0 saturated carbocycles. The van der Waals surface area contributed by atoms with Crippen LogP contribution in [-0.2, 0) is 24.1 Å². The van der Waals surface area contributed by atoms with Gasteiger partial charge < -0.3 is 19.8 Å². The highest BCUT2D eigenvalue weighted by molar-refractivity contribution is 5.88. The molecule has 0 radical (unpaired) electrons. The number of carbonyl (C=O) groups excluding carboxylic acids is 1. The van der Waals surface area contributed by atoms with Gasteiger partial charge in [0, 0.05) is 24.2 Å². The largest absolute Gasteiger partial charge is 0.486 e. The molecule has 1 aliphatic carbocycles. The number of aliphatic hydroxyl groups is 1. The van der Waals surface area contributed by atoms with Gasteiger partial charge in [0.25, 0.3) is 5.91 Å². The number of amides is 1. The van der Waals surface area contributed by atoms with Crippen LogP contribution in [0, 0.1) is 0 Å². The van der Waals surface area contributed by atoms with Gasteiger partial charge in [-0.3, -0.25) is 4.79 Å². The summed E-state index contributed by atoms with van der Waals surface area (Å²) in [5.74, 6) is 0.668. The van der Waals surface area contributed by atoms with Crippen molar-refractivity contribution in [2.45, 2.75) is 90.3 Å². The number of aromatic nitrogens is 3. The van der Waals surface area contributed by atoms with E-state index in [1.165, 1.54) is 22.9 Å². The van der Waals surface area contributed by atoms with Crippen molar-refractivity contribution in [3.05, 3.63) is 94.3 Å². The number of likely N-dealkylation sites (tertiary alicyclic amines) is 1. The molecule has 0 spiro atoms. The fraction of sp³-hybridized carbons (Fsp3) is 0.421. The number of hydrogen-bond acceptors (Lipinski definition) is 6. The molecule has 47 heavy (non-hydrogen) atoms. The van der Waals surface area contributed by atoms with Gasteiger partial charge in [0.2, 0.25) is 0 Å². The van der Waals surface area contributed by atoms with Gasteiger partial charge >= 0.3 is 5.97 Å². The van der Waals surface area contributed by atoms with Crippen LogP contribution in [0.25, 0.3) is 17.1 Å². The zero-order valence-electron chi connectivity index (χ0n) is 27.5. The van der Waals surface area contributed by atoms with Gasteiger partial charge in [-0.05, 0) is 91.8 Å². The molecule has 9 heteroatoms. The van der Waals surface area contributed by atoms with Crippen LogP contribution < -0.4 is 4.74 Å². The lowest BCUT2D eigenvalue weighted by Gasteiger charge is -2.34. The first-order valence-electron chi connectivity index (χ1n) is 17.0. The van der Waals surface area contributed by atoms with Gasteiger partial charge in [0.1, 0.15) is 23.5 Å². The van der Waals surface area contributed by atoms with E-state index in [4.69, 9.17) is 9.72 Å². The normalized spacial score (nSPS) is 17.0. The second-order valence-corrected chi connectivity index (χ2v) is 12.6. The topological polar surface area (TPSA) is 118 Å². The molecular formula is C38H44N4O5. The third kappa shape index (κ3) is 6.54. The third-order valence-corrected chi connectivity index (χ3v) is 9.72. The van der Waals surface area contributed by atoms with E-state index in [2.05, 4.69) is 48.4 Å². The Morgan fingerprint density at radius 3 is 2.51 bits per heavy atom. The Morgan fingerprint density at radius 1 is 1.00 bits per heavy atom.